The summed E-state index contributed by atoms with van der Waals surface area (Å²) >= 11 is 3.32. The van der Waals surface area contributed by atoms with Crippen LogP contribution in [-0.2, 0) is 7.05 Å². The van der Waals surface area contributed by atoms with Gasteiger partial charge in [-0.05, 0) is 48.0 Å². The van der Waals surface area contributed by atoms with Crippen LogP contribution in [0.25, 0.3) is 0 Å². The quantitative estimate of drug-likeness (QED) is 0.846. The van der Waals surface area contributed by atoms with E-state index in [1.807, 2.05) is 20.9 Å². The van der Waals surface area contributed by atoms with E-state index in [2.05, 4.69) is 26.3 Å². The summed E-state index contributed by atoms with van der Waals surface area (Å²) in [4.78, 5) is 12.2. The molecule has 2 aromatic rings. The van der Waals surface area contributed by atoms with Gasteiger partial charge in [0.05, 0.1) is 12.2 Å². The van der Waals surface area contributed by atoms with E-state index in [4.69, 9.17) is 5.73 Å². The highest BCUT2D eigenvalue weighted by atomic mass is 79.9. The van der Waals surface area contributed by atoms with Crippen molar-refractivity contribution in [2.24, 2.45) is 7.05 Å². The fourth-order valence-corrected chi connectivity index (χ4v) is 2.35. The van der Waals surface area contributed by atoms with Crippen molar-refractivity contribution in [1.29, 1.82) is 0 Å². The molecule has 1 aromatic carbocycles. The number of nitrogens with two attached hydrogens (primary N) is 1. The summed E-state index contributed by atoms with van der Waals surface area (Å²) in [6.45, 7) is 3.92. The Kier molecular flexibility index (Phi) is 4.13. The summed E-state index contributed by atoms with van der Waals surface area (Å²) in [6, 6.07) is 5.03. The number of hydrogen-bond donors (Lipinski definition) is 2. The number of nitrogens with one attached hydrogen (secondary N) is 1. The second-order valence-electron chi connectivity index (χ2n) is 4.74. The van der Waals surface area contributed by atoms with Gasteiger partial charge in [-0.1, -0.05) is 0 Å². The first-order valence-corrected chi connectivity index (χ1v) is 7.04. The molecule has 0 aliphatic carbocycles. The van der Waals surface area contributed by atoms with E-state index in [1.165, 1.54) is 0 Å². The lowest BCUT2D eigenvalue weighted by atomic mass is 10.1. The van der Waals surface area contributed by atoms with Gasteiger partial charge in [0.2, 0.25) is 0 Å². The zero-order valence-corrected chi connectivity index (χ0v) is 13.2. The summed E-state index contributed by atoms with van der Waals surface area (Å²) in [7, 11) is 1.88. The number of rotatable bonds is 3. The number of carbonyl (C=O) groups excluding carboxylic acids is 1. The van der Waals surface area contributed by atoms with Gasteiger partial charge in [0.1, 0.15) is 0 Å². The Morgan fingerprint density at radius 1 is 1.50 bits per heavy atom. The maximum absolute atomic E-state index is 12.2. The first-order chi connectivity index (χ1) is 9.40. The highest BCUT2D eigenvalue weighted by Gasteiger charge is 2.16. The minimum atomic E-state index is -0.138. The molecule has 5 nitrogen and oxygen atoms in total. The first-order valence-electron chi connectivity index (χ1n) is 6.24. The second kappa shape index (κ2) is 5.66. The van der Waals surface area contributed by atoms with E-state index in [9.17, 15) is 4.79 Å². The number of aromatic nitrogens is 2. The molecule has 20 heavy (non-hydrogen) atoms. The molecule has 0 saturated carbocycles. The predicted octanol–water partition coefficient (Wildman–Crippen LogP) is 2.56. The minimum Gasteiger partial charge on any atom is -0.398 e. The Labute approximate surface area is 126 Å². The van der Waals surface area contributed by atoms with E-state index >= 15 is 0 Å². The summed E-state index contributed by atoms with van der Waals surface area (Å²) in [5.74, 6) is -0.138. The highest BCUT2D eigenvalue weighted by Crippen LogP contribution is 2.21. The van der Waals surface area contributed by atoms with E-state index in [-0.39, 0.29) is 11.9 Å². The number of amides is 1. The molecule has 106 valence electrons. The molecular formula is C14H17BrN4O. The Bertz CT molecular complexity index is 651. The normalized spacial score (nSPS) is 12.2. The molecule has 1 aromatic heterocycles. The van der Waals surface area contributed by atoms with E-state index < -0.39 is 0 Å². The highest BCUT2D eigenvalue weighted by molar-refractivity contribution is 9.10. The van der Waals surface area contributed by atoms with Crippen LogP contribution in [0.4, 0.5) is 5.69 Å². The number of halogens is 1. The molecule has 1 unspecified atom stereocenters. The molecule has 1 heterocycles. The molecule has 0 bridgehead atoms. The van der Waals surface area contributed by atoms with Gasteiger partial charge in [-0.3, -0.25) is 9.48 Å². The van der Waals surface area contributed by atoms with Crippen molar-refractivity contribution in [1.82, 2.24) is 15.1 Å². The fourth-order valence-electron chi connectivity index (χ4n) is 1.97. The zero-order chi connectivity index (χ0) is 14.9. The molecule has 3 N–H and O–H groups in total. The summed E-state index contributed by atoms with van der Waals surface area (Å²) in [5.41, 5.74) is 8.94. The second-order valence-corrected chi connectivity index (χ2v) is 5.59. The van der Waals surface area contributed by atoms with Crippen LogP contribution >= 0.6 is 15.9 Å². The number of aryl methyl sites for hydroxylation is 1. The van der Waals surface area contributed by atoms with Gasteiger partial charge in [0, 0.05) is 34.0 Å². The maximum atomic E-state index is 12.2. The van der Waals surface area contributed by atoms with E-state index in [1.54, 1.807) is 29.1 Å². The lowest BCUT2D eigenvalue weighted by Gasteiger charge is -2.14. The number of nitrogens with zero attached hydrogens (tertiary/aromatic N) is 2. The molecular weight excluding hydrogens is 320 g/mol. The van der Waals surface area contributed by atoms with Crippen LogP contribution in [0.5, 0.6) is 0 Å². The number of anilines is 1. The average Bonchev–Trinajstić information content (AvgIpc) is 2.73. The zero-order valence-electron chi connectivity index (χ0n) is 11.6. The minimum absolute atomic E-state index is 0.104. The number of benzene rings is 1. The van der Waals surface area contributed by atoms with Crippen LogP contribution in [0.1, 0.15) is 34.6 Å². The van der Waals surface area contributed by atoms with E-state index in [0.717, 1.165) is 15.7 Å². The van der Waals surface area contributed by atoms with Crippen molar-refractivity contribution in [2.75, 3.05) is 5.73 Å². The lowest BCUT2D eigenvalue weighted by molar-refractivity contribution is 0.0940. The van der Waals surface area contributed by atoms with Crippen molar-refractivity contribution >= 4 is 27.5 Å². The van der Waals surface area contributed by atoms with Crippen molar-refractivity contribution in [3.63, 3.8) is 0 Å². The molecule has 0 radical (unpaired) electrons. The van der Waals surface area contributed by atoms with Crippen LogP contribution in [0.3, 0.4) is 0 Å². The molecule has 0 fully saturated rings. The van der Waals surface area contributed by atoms with Crippen molar-refractivity contribution in [3.8, 4) is 0 Å². The third-order valence-electron chi connectivity index (χ3n) is 3.35. The Morgan fingerprint density at radius 3 is 2.75 bits per heavy atom. The third-order valence-corrected chi connectivity index (χ3v) is 4.04. The molecule has 0 aliphatic rings. The number of nitrogen functional groups attached to an aromatic ring is 1. The summed E-state index contributed by atoms with van der Waals surface area (Å²) in [6.07, 6.45) is 1.78. The molecule has 1 amide bonds. The van der Waals surface area contributed by atoms with Gasteiger partial charge in [-0.2, -0.15) is 5.10 Å². The van der Waals surface area contributed by atoms with Gasteiger partial charge in [0.15, 0.2) is 0 Å². The van der Waals surface area contributed by atoms with Crippen LogP contribution in [-0.4, -0.2) is 15.7 Å². The molecule has 0 spiro atoms. The van der Waals surface area contributed by atoms with Gasteiger partial charge in [-0.25, -0.2) is 0 Å². The average molecular weight is 337 g/mol. The third kappa shape index (κ3) is 2.85. The SMILES string of the molecule is Cc1c(C(C)NC(=O)c2ccc(N)c(Br)c2)cnn1C. The molecule has 0 saturated heterocycles. The van der Waals surface area contributed by atoms with Crippen LogP contribution in [0.2, 0.25) is 0 Å². The fraction of sp³-hybridized carbons (Fsp3) is 0.286. The Morgan fingerprint density at radius 2 is 2.20 bits per heavy atom. The number of hydrogen-bond acceptors (Lipinski definition) is 3. The molecule has 0 aliphatic heterocycles. The smallest absolute Gasteiger partial charge is 0.251 e. The Balaban J connectivity index is 2.15. The van der Waals surface area contributed by atoms with Gasteiger partial charge >= 0.3 is 0 Å². The molecule has 1 atom stereocenters. The summed E-state index contributed by atoms with van der Waals surface area (Å²) in [5, 5.41) is 7.14. The summed E-state index contributed by atoms with van der Waals surface area (Å²) < 4.78 is 2.51. The van der Waals surface area contributed by atoms with E-state index in [0.29, 0.717) is 11.3 Å². The molecule has 2 rings (SSSR count). The van der Waals surface area contributed by atoms with Gasteiger partial charge in [0.25, 0.3) is 5.91 Å². The van der Waals surface area contributed by atoms with Crippen molar-refractivity contribution in [2.45, 2.75) is 19.9 Å². The first kappa shape index (κ1) is 14.6. The van der Waals surface area contributed by atoms with Crippen molar-refractivity contribution in [3.05, 3.63) is 45.7 Å². The number of carbonyl (C=O) groups is 1. The van der Waals surface area contributed by atoms with Crippen molar-refractivity contribution < 1.29 is 4.79 Å². The molecule has 6 heteroatoms. The largest absolute Gasteiger partial charge is 0.398 e. The standard InChI is InChI=1S/C14H17BrN4O/c1-8(11-7-17-19(3)9(11)2)18-14(20)10-4-5-13(16)12(15)6-10/h4-8H,16H2,1-3H3,(H,18,20). The van der Waals surface area contributed by atoms with Crippen LogP contribution < -0.4 is 11.1 Å². The maximum Gasteiger partial charge on any atom is 0.251 e. The van der Waals surface area contributed by atoms with Gasteiger partial charge < -0.3 is 11.1 Å². The van der Waals surface area contributed by atoms with Crippen LogP contribution in [0.15, 0.2) is 28.9 Å². The Hall–Kier alpha value is -1.82. The predicted molar refractivity (Wildman–Crippen MR) is 82.4 cm³/mol. The monoisotopic (exact) mass is 336 g/mol. The van der Waals surface area contributed by atoms with Crippen LogP contribution in [0, 0.1) is 6.92 Å². The lowest BCUT2D eigenvalue weighted by Crippen LogP contribution is -2.27. The van der Waals surface area contributed by atoms with Gasteiger partial charge in [-0.15, -0.1) is 0 Å². The topological polar surface area (TPSA) is 72.9 Å².